The van der Waals surface area contributed by atoms with E-state index in [-0.39, 0.29) is 12.6 Å². The first-order valence-electron chi connectivity index (χ1n) is 7.09. The molecule has 0 aliphatic heterocycles. The molecular formula is C19H18O3. The van der Waals surface area contributed by atoms with Crippen molar-refractivity contribution in [3.8, 4) is 11.8 Å². The van der Waals surface area contributed by atoms with Crippen LogP contribution in [0.15, 0.2) is 48.5 Å². The van der Waals surface area contributed by atoms with Gasteiger partial charge >= 0.3 is 5.97 Å². The van der Waals surface area contributed by atoms with E-state index >= 15 is 0 Å². The molecule has 0 aliphatic rings. The molecule has 2 aromatic carbocycles. The molecule has 0 saturated heterocycles. The predicted octanol–water partition coefficient (Wildman–Crippen LogP) is 2.68. The van der Waals surface area contributed by atoms with Crippen molar-refractivity contribution in [2.75, 3.05) is 7.11 Å². The number of aliphatic hydroxyl groups excluding tert-OH is 1. The van der Waals surface area contributed by atoms with Crippen LogP contribution in [-0.4, -0.2) is 18.2 Å². The van der Waals surface area contributed by atoms with Crippen LogP contribution in [0.4, 0.5) is 0 Å². The minimum Gasteiger partial charge on any atom is -0.469 e. The van der Waals surface area contributed by atoms with Gasteiger partial charge in [-0.15, -0.1) is 0 Å². The SMILES string of the molecule is COC(=O)CCc1ccc(C#Cc2ccccc2CO)cc1. The zero-order valence-corrected chi connectivity index (χ0v) is 12.5. The molecule has 0 fully saturated rings. The number of aliphatic hydroxyl groups is 1. The number of hydrogen-bond acceptors (Lipinski definition) is 3. The quantitative estimate of drug-likeness (QED) is 0.696. The van der Waals surface area contributed by atoms with Crippen LogP contribution >= 0.6 is 0 Å². The predicted molar refractivity (Wildman–Crippen MR) is 85.1 cm³/mol. The smallest absolute Gasteiger partial charge is 0.305 e. The minimum atomic E-state index is -0.204. The molecule has 0 spiro atoms. The van der Waals surface area contributed by atoms with Crippen molar-refractivity contribution in [2.45, 2.75) is 19.4 Å². The molecule has 0 atom stereocenters. The van der Waals surface area contributed by atoms with Crippen molar-refractivity contribution in [3.05, 3.63) is 70.8 Å². The van der Waals surface area contributed by atoms with Crippen LogP contribution in [0.25, 0.3) is 0 Å². The number of benzene rings is 2. The molecule has 2 rings (SSSR count). The number of esters is 1. The van der Waals surface area contributed by atoms with E-state index in [0.717, 1.165) is 22.3 Å². The number of hydrogen-bond donors (Lipinski definition) is 1. The summed E-state index contributed by atoms with van der Waals surface area (Å²) in [7, 11) is 1.39. The normalized spacial score (nSPS) is 9.73. The fourth-order valence-electron chi connectivity index (χ4n) is 2.02. The Morgan fingerprint density at radius 1 is 1.09 bits per heavy atom. The Bertz CT molecular complexity index is 691. The van der Waals surface area contributed by atoms with Gasteiger partial charge in [-0.05, 0) is 35.7 Å². The molecule has 0 unspecified atom stereocenters. The van der Waals surface area contributed by atoms with Crippen LogP contribution in [0.2, 0.25) is 0 Å². The third-order valence-corrected chi connectivity index (χ3v) is 3.33. The van der Waals surface area contributed by atoms with Crippen molar-refractivity contribution in [2.24, 2.45) is 0 Å². The van der Waals surface area contributed by atoms with E-state index in [1.54, 1.807) is 0 Å². The highest BCUT2D eigenvalue weighted by atomic mass is 16.5. The van der Waals surface area contributed by atoms with E-state index < -0.39 is 0 Å². The first kappa shape index (κ1) is 15.8. The molecule has 0 radical (unpaired) electrons. The van der Waals surface area contributed by atoms with Gasteiger partial charge < -0.3 is 9.84 Å². The summed E-state index contributed by atoms with van der Waals surface area (Å²) in [4.78, 5) is 11.1. The monoisotopic (exact) mass is 294 g/mol. The van der Waals surface area contributed by atoms with Crippen molar-refractivity contribution >= 4 is 5.97 Å². The lowest BCUT2D eigenvalue weighted by atomic mass is 10.1. The van der Waals surface area contributed by atoms with Gasteiger partial charge in [-0.1, -0.05) is 42.2 Å². The second-order valence-electron chi connectivity index (χ2n) is 4.84. The van der Waals surface area contributed by atoms with Gasteiger partial charge in [-0.2, -0.15) is 0 Å². The molecule has 0 aromatic heterocycles. The van der Waals surface area contributed by atoms with Gasteiger partial charge in [0.2, 0.25) is 0 Å². The molecular weight excluding hydrogens is 276 g/mol. The molecule has 22 heavy (non-hydrogen) atoms. The maximum Gasteiger partial charge on any atom is 0.305 e. The van der Waals surface area contributed by atoms with Crippen LogP contribution in [0, 0.1) is 11.8 Å². The molecule has 0 heterocycles. The topological polar surface area (TPSA) is 46.5 Å². The van der Waals surface area contributed by atoms with Crippen LogP contribution < -0.4 is 0 Å². The van der Waals surface area contributed by atoms with Crippen LogP contribution in [0.3, 0.4) is 0 Å². The Morgan fingerprint density at radius 3 is 2.50 bits per heavy atom. The number of ether oxygens (including phenoxy) is 1. The third kappa shape index (κ3) is 4.47. The number of carbonyl (C=O) groups excluding carboxylic acids is 1. The average molecular weight is 294 g/mol. The van der Waals surface area contributed by atoms with Crippen molar-refractivity contribution in [1.82, 2.24) is 0 Å². The van der Waals surface area contributed by atoms with Crippen molar-refractivity contribution in [1.29, 1.82) is 0 Å². The van der Waals surface area contributed by atoms with Crippen LogP contribution in [0.1, 0.15) is 28.7 Å². The molecule has 2 aromatic rings. The Kier molecular flexibility index (Phi) is 5.76. The summed E-state index contributed by atoms with van der Waals surface area (Å²) in [6.07, 6.45) is 1.04. The van der Waals surface area contributed by atoms with E-state index in [0.29, 0.717) is 12.8 Å². The molecule has 3 heteroatoms. The Morgan fingerprint density at radius 2 is 1.82 bits per heavy atom. The lowest BCUT2D eigenvalue weighted by molar-refractivity contribution is -0.140. The van der Waals surface area contributed by atoms with Crippen LogP contribution in [-0.2, 0) is 22.6 Å². The fourth-order valence-corrected chi connectivity index (χ4v) is 2.02. The summed E-state index contributed by atoms with van der Waals surface area (Å²) < 4.78 is 4.62. The average Bonchev–Trinajstić information content (AvgIpc) is 2.58. The fraction of sp³-hybridized carbons (Fsp3) is 0.211. The molecule has 1 N–H and O–H groups in total. The molecule has 0 aliphatic carbocycles. The van der Waals surface area contributed by atoms with Gasteiger partial charge in [0.1, 0.15) is 0 Å². The van der Waals surface area contributed by atoms with Gasteiger partial charge in [-0.3, -0.25) is 4.79 Å². The van der Waals surface area contributed by atoms with Crippen LogP contribution in [0.5, 0.6) is 0 Å². The molecule has 3 nitrogen and oxygen atoms in total. The molecule has 0 amide bonds. The highest BCUT2D eigenvalue weighted by Crippen LogP contribution is 2.09. The number of carbonyl (C=O) groups is 1. The molecule has 0 bridgehead atoms. The van der Waals surface area contributed by atoms with E-state index in [4.69, 9.17) is 0 Å². The highest BCUT2D eigenvalue weighted by molar-refractivity contribution is 5.69. The largest absolute Gasteiger partial charge is 0.469 e. The van der Waals surface area contributed by atoms with Gasteiger partial charge in [0, 0.05) is 17.5 Å². The summed E-state index contributed by atoms with van der Waals surface area (Å²) in [6, 6.07) is 15.3. The van der Waals surface area contributed by atoms with Gasteiger partial charge in [0.05, 0.1) is 13.7 Å². The minimum absolute atomic E-state index is 0.0165. The lowest BCUT2D eigenvalue weighted by Crippen LogP contribution is -2.01. The van der Waals surface area contributed by atoms with Gasteiger partial charge in [0.15, 0.2) is 0 Å². The Labute approximate surface area is 130 Å². The van der Waals surface area contributed by atoms with E-state index in [1.807, 2.05) is 48.5 Å². The van der Waals surface area contributed by atoms with Crippen molar-refractivity contribution in [3.63, 3.8) is 0 Å². The summed E-state index contributed by atoms with van der Waals surface area (Å²) in [5.41, 5.74) is 3.63. The second-order valence-corrected chi connectivity index (χ2v) is 4.84. The lowest BCUT2D eigenvalue weighted by Gasteiger charge is -2.01. The van der Waals surface area contributed by atoms with Gasteiger partial charge in [0.25, 0.3) is 0 Å². The summed E-state index contributed by atoms with van der Waals surface area (Å²) >= 11 is 0. The van der Waals surface area contributed by atoms with E-state index in [1.165, 1.54) is 7.11 Å². The standard InChI is InChI=1S/C19H18O3/c1-22-19(21)13-11-16-8-6-15(7-9-16)10-12-17-4-2-3-5-18(17)14-20/h2-9,20H,11,13-14H2,1H3. The molecule has 0 saturated carbocycles. The Hall–Kier alpha value is -2.57. The number of rotatable bonds is 4. The summed E-state index contributed by atoms with van der Waals surface area (Å²) in [5.74, 6) is 5.96. The van der Waals surface area contributed by atoms with E-state index in [9.17, 15) is 9.90 Å². The summed E-state index contributed by atoms with van der Waals surface area (Å²) in [5, 5.41) is 9.27. The van der Waals surface area contributed by atoms with Gasteiger partial charge in [-0.25, -0.2) is 0 Å². The number of aryl methyl sites for hydroxylation is 1. The zero-order chi connectivity index (χ0) is 15.8. The highest BCUT2D eigenvalue weighted by Gasteiger charge is 2.01. The summed E-state index contributed by atoms with van der Waals surface area (Å²) in [6.45, 7) is -0.0165. The Balaban J connectivity index is 2.06. The maximum atomic E-state index is 11.1. The third-order valence-electron chi connectivity index (χ3n) is 3.33. The maximum absolute atomic E-state index is 11.1. The van der Waals surface area contributed by atoms with Crippen molar-refractivity contribution < 1.29 is 14.6 Å². The number of methoxy groups -OCH3 is 1. The van der Waals surface area contributed by atoms with E-state index in [2.05, 4.69) is 16.6 Å². The zero-order valence-electron chi connectivity index (χ0n) is 12.5. The molecule has 112 valence electrons. The second kappa shape index (κ2) is 8.02. The first-order valence-corrected chi connectivity index (χ1v) is 7.09. The first-order chi connectivity index (χ1) is 10.7.